The summed E-state index contributed by atoms with van der Waals surface area (Å²) in [6.45, 7) is 2.69. The summed E-state index contributed by atoms with van der Waals surface area (Å²) in [6.07, 6.45) is 0.649. The number of hydrogen-bond acceptors (Lipinski definition) is 1. The Morgan fingerprint density at radius 2 is 1.95 bits per heavy atom. The van der Waals surface area contributed by atoms with Crippen LogP contribution in [0.2, 0.25) is 0 Å². The summed E-state index contributed by atoms with van der Waals surface area (Å²) in [5.41, 5.74) is 1.59. The minimum absolute atomic E-state index is 0.171. The first kappa shape index (κ1) is 15.1. The van der Waals surface area contributed by atoms with Crippen molar-refractivity contribution in [1.82, 2.24) is 5.32 Å². The van der Waals surface area contributed by atoms with Gasteiger partial charge in [-0.1, -0.05) is 41.1 Å². The van der Waals surface area contributed by atoms with Crippen LogP contribution in [-0.2, 0) is 6.42 Å². The summed E-state index contributed by atoms with van der Waals surface area (Å²) in [6, 6.07) is 11.5. The second-order valence-corrected chi connectivity index (χ2v) is 5.53. The molecule has 0 aliphatic carbocycles. The van der Waals surface area contributed by atoms with Gasteiger partial charge in [-0.05, 0) is 36.7 Å². The largest absolute Gasteiger partial charge is 0.310 e. The molecule has 0 amide bonds. The normalized spacial score (nSPS) is 12.4. The zero-order valence-electron chi connectivity index (χ0n) is 11.2. The first-order valence-electron chi connectivity index (χ1n) is 6.53. The molecule has 1 N–H and O–H groups in total. The molecule has 2 aromatic rings. The van der Waals surface area contributed by atoms with E-state index >= 15 is 0 Å². The summed E-state index contributed by atoms with van der Waals surface area (Å²) in [5.74, 6) is -1.06. The van der Waals surface area contributed by atoms with Gasteiger partial charge in [0.2, 0.25) is 0 Å². The number of hydrogen-bond donors (Lipinski definition) is 1. The van der Waals surface area contributed by atoms with Crippen LogP contribution in [0.3, 0.4) is 0 Å². The topological polar surface area (TPSA) is 12.0 Å². The number of halogens is 3. The van der Waals surface area contributed by atoms with Crippen LogP contribution in [0, 0.1) is 11.6 Å². The lowest BCUT2D eigenvalue weighted by Gasteiger charge is -2.19. The average Bonchev–Trinajstić information content (AvgIpc) is 2.38. The van der Waals surface area contributed by atoms with Crippen LogP contribution in [-0.4, -0.2) is 6.54 Å². The van der Waals surface area contributed by atoms with E-state index in [9.17, 15) is 8.78 Å². The van der Waals surface area contributed by atoms with Crippen molar-refractivity contribution in [2.24, 2.45) is 0 Å². The Morgan fingerprint density at radius 3 is 2.60 bits per heavy atom. The molecule has 0 aliphatic rings. The van der Waals surface area contributed by atoms with E-state index in [0.29, 0.717) is 12.0 Å². The van der Waals surface area contributed by atoms with Crippen LogP contribution < -0.4 is 5.32 Å². The zero-order valence-corrected chi connectivity index (χ0v) is 12.8. The van der Waals surface area contributed by atoms with E-state index in [1.54, 1.807) is 0 Å². The fourth-order valence-corrected chi connectivity index (χ4v) is 2.67. The smallest absolute Gasteiger partial charge is 0.130 e. The molecule has 0 saturated carbocycles. The van der Waals surface area contributed by atoms with E-state index in [1.165, 1.54) is 12.1 Å². The summed E-state index contributed by atoms with van der Waals surface area (Å²) in [7, 11) is 0. The maximum Gasteiger partial charge on any atom is 0.130 e. The molecule has 0 saturated heterocycles. The van der Waals surface area contributed by atoms with Gasteiger partial charge in [0, 0.05) is 22.1 Å². The Labute approximate surface area is 126 Å². The molecule has 0 aliphatic heterocycles. The number of benzene rings is 2. The Kier molecular flexibility index (Phi) is 5.26. The molecule has 0 heterocycles. The summed E-state index contributed by atoms with van der Waals surface area (Å²) in [5, 5.41) is 3.25. The molecule has 106 valence electrons. The van der Waals surface area contributed by atoms with Gasteiger partial charge >= 0.3 is 0 Å². The minimum atomic E-state index is -0.552. The SMILES string of the molecule is CCNC(Cc1cccc(Br)c1)c1ccc(F)cc1F. The summed E-state index contributed by atoms with van der Waals surface area (Å²) in [4.78, 5) is 0. The van der Waals surface area contributed by atoms with Gasteiger partial charge < -0.3 is 5.32 Å². The number of nitrogens with one attached hydrogen (secondary N) is 1. The molecule has 0 aromatic heterocycles. The molecule has 1 nitrogen and oxygen atoms in total. The Bertz CT molecular complexity index is 586. The van der Waals surface area contributed by atoms with E-state index in [1.807, 2.05) is 31.2 Å². The molecule has 1 atom stereocenters. The molecule has 4 heteroatoms. The third-order valence-corrected chi connectivity index (χ3v) is 3.61. The molecular weight excluding hydrogens is 324 g/mol. The maximum atomic E-state index is 13.9. The van der Waals surface area contributed by atoms with Crippen molar-refractivity contribution in [1.29, 1.82) is 0 Å². The molecule has 2 rings (SSSR count). The van der Waals surface area contributed by atoms with E-state index < -0.39 is 11.6 Å². The molecule has 0 radical (unpaired) electrons. The average molecular weight is 340 g/mol. The van der Waals surface area contributed by atoms with Crippen molar-refractivity contribution in [3.63, 3.8) is 0 Å². The molecular formula is C16H16BrF2N. The highest BCUT2D eigenvalue weighted by atomic mass is 79.9. The first-order valence-corrected chi connectivity index (χ1v) is 7.32. The monoisotopic (exact) mass is 339 g/mol. The predicted octanol–water partition coefficient (Wildman–Crippen LogP) is 4.62. The fraction of sp³-hybridized carbons (Fsp3) is 0.250. The minimum Gasteiger partial charge on any atom is -0.310 e. The van der Waals surface area contributed by atoms with Crippen molar-refractivity contribution < 1.29 is 8.78 Å². The lowest BCUT2D eigenvalue weighted by molar-refractivity contribution is 0.502. The van der Waals surface area contributed by atoms with Crippen molar-refractivity contribution in [3.05, 3.63) is 69.7 Å². The lowest BCUT2D eigenvalue weighted by Crippen LogP contribution is -2.24. The van der Waals surface area contributed by atoms with Crippen LogP contribution in [0.15, 0.2) is 46.9 Å². The van der Waals surface area contributed by atoms with Gasteiger partial charge in [-0.2, -0.15) is 0 Å². The van der Waals surface area contributed by atoms with Crippen molar-refractivity contribution in [3.8, 4) is 0 Å². The molecule has 1 unspecified atom stereocenters. The Morgan fingerprint density at radius 1 is 1.15 bits per heavy atom. The van der Waals surface area contributed by atoms with Crippen LogP contribution in [0.4, 0.5) is 8.78 Å². The van der Waals surface area contributed by atoms with Crippen molar-refractivity contribution in [2.75, 3.05) is 6.54 Å². The van der Waals surface area contributed by atoms with Crippen LogP contribution in [0.5, 0.6) is 0 Å². The first-order chi connectivity index (χ1) is 9.60. The summed E-state index contributed by atoms with van der Waals surface area (Å²) < 4.78 is 27.9. The highest BCUT2D eigenvalue weighted by Gasteiger charge is 2.16. The molecule has 0 bridgehead atoms. The highest BCUT2D eigenvalue weighted by Crippen LogP contribution is 2.23. The molecule has 20 heavy (non-hydrogen) atoms. The highest BCUT2D eigenvalue weighted by molar-refractivity contribution is 9.10. The van der Waals surface area contributed by atoms with Gasteiger partial charge in [0.15, 0.2) is 0 Å². The third kappa shape index (κ3) is 3.87. The zero-order chi connectivity index (χ0) is 14.5. The molecule has 0 fully saturated rings. The molecule has 2 aromatic carbocycles. The van der Waals surface area contributed by atoms with E-state index in [2.05, 4.69) is 21.2 Å². The number of likely N-dealkylation sites (N-methyl/N-ethyl adjacent to an activating group) is 1. The van der Waals surface area contributed by atoms with Gasteiger partial charge in [-0.3, -0.25) is 0 Å². The van der Waals surface area contributed by atoms with E-state index in [-0.39, 0.29) is 6.04 Å². The Balaban J connectivity index is 2.26. The van der Waals surface area contributed by atoms with Gasteiger partial charge in [-0.15, -0.1) is 0 Å². The quantitative estimate of drug-likeness (QED) is 0.837. The molecule has 0 spiro atoms. The van der Waals surface area contributed by atoms with Gasteiger partial charge in [0.1, 0.15) is 11.6 Å². The van der Waals surface area contributed by atoms with Gasteiger partial charge in [0.05, 0.1) is 0 Å². The predicted molar refractivity (Wildman–Crippen MR) is 80.6 cm³/mol. The fourth-order valence-electron chi connectivity index (χ4n) is 2.22. The van der Waals surface area contributed by atoms with Crippen LogP contribution in [0.25, 0.3) is 0 Å². The maximum absolute atomic E-state index is 13.9. The van der Waals surface area contributed by atoms with E-state index in [0.717, 1.165) is 22.6 Å². The second-order valence-electron chi connectivity index (χ2n) is 4.61. The van der Waals surface area contributed by atoms with Crippen molar-refractivity contribution in [2.45, 2.75) is 19.4 Å². The number of rotatable bonds is 5. The Hall–Kier alpha value is -1.26. The summed E-state index contributed by atoms with van der Waals surface area (Å²) >= 11 is 3.43. The lowest BCUT2D eigenvalue weighted by atomic mass is 9.98. The standard InChI is InChI=1S/C16H16BrF2N/c1-2-20-16(9-11-4-3-5-12(17)8-11)14-7-6-13(18)10-15(14)19/h3-8,10,16,20H,2,9H2,1H3. The van der Waals surface area contributed by atoms with Crippen LogP contribution in [0.1, 0.15) is 24.1 Å². The van der Waals surface area contributed by atoms with Gasteiger partial charge in [-0.25, -0.2) is 8.78 Å². The van der Waals surface area contributed by atoms with Crippen LogP contribution >= 0.6 is 15.9 Å². The van der Waals surface area contributed by atoms with Gasteiger partial charge in [0.25, 0.3) is 0 Å². The third-order valence-electron chi connectivity index (χ3n) is 3.12. The van der Waals surface area contributed by atoms with Crippen molar-refractivity contribution >= 4 is 15.9 Å². The second kappa shape index (κ2) is 6.95. The van der Waals surface area contributed by atoms with E-state index in [4.69, 9.17) is 0 Å².